The average Bonchev–Trinajstić information content (AvgIpc) is 2.84. The van der Waals surface area contributed by atoms with Crippen molar-refractivity contribution in [1.29, 1.82) is 0 Å². The molecule has 1 N–H and O–H groups in total. The van der Waals surface area contributed by atoms with E-state index in [1.54, 1.807) is 0 Å². The van der Waals surface area contributed by atoms with E-state index in [9.17, 15) is 0 Å². The van der Waals surface area contributed by atoms with Crippen LogP contribution in [0.15, 0.2) is 24.3 Å². The minimum atomic E-state index is 0.370. The van der Waals surface area contributed by atoms with Crippen LogP contribution in [-0.4, -0.2) is 38.9 Å². The Kier molecular flexibility index (Phi) is 5.23. The molecule has 0 saturated carbocycles. The number of benzene rings is 1. The van der Waals surface area contributed by atoms with Crippen molar-refractivity contribution in [3.63, 3.8) is 0 Å². The van der Waals surface area contributed by atoms with Crippen LogP contribution in [0.1, 0.15) is 25.3 Å². The molecule has 2 atom stereocenters. The molecular formula is C16H26N2O. The molecule has 0 radical (unpaired) electrons. The third-order valence-electron chi connectivity index (χ3n) is 3.77. The fourth-order valence-corrected chi connectivity index (χ4v) is 2.58. The minimum absolute atomic E-state index is 0.370. The number of hydrogen-bond donors (Lipinski definition) is 1. The molecule has 3 nitrogen and oxygen atoms in total. The molecule has 0 aromatic heterocycles. The number of aryl methyl sites for hydroxylation is 1. The normalized spacial score (nSPS) is 22.7. The fourth-order valence-electron chi connectivity index (χ4n) is 2.58. The summed E-state index contributed by atoms with van der Waals surface area (Å²) in [5.74, 6) is 0. The molecule has 1 saturated heterocycles. The summed E-state index contributed by atoms with van der Waals surface area (Å²) in [5.41, 5.74) is 2.57. The Morgan fingerprint density at radius 3 is 2.58 bits per heavy atom. The minimum Gasteiger partial charge on any atom is -0.372 e. The van der Waals surface area contributed by atoms with Crippen LogP contribution in [0.3, 0.4) is 0 Å². The van der Waals surface area contributed by atoms with E-state index in [1.807, 2.05) is 0 Å². The quantitative estimate of drug-likeness (QED) is 0.853. The lowest BCUT2D eigenvalue weighted by Gasteiger charge is -2.23. The van der Waals surface area contributed by atoms with E-state index < -0.39 is 0 Å². The van der Waals surface area contributed by atoms with E-state index in [1.165, 1.54) is 24.1 Å². The van der Waals surface area contributed by atoms with Gasteiger partial charge in [0.15, 0.2) is 0 Å². The number of anilines is 1. The molecule has 2 rings (SSSR count). The van der Waals surface area contributed by atoms with Gasteiger partial charge in [-0.25, -0.2) is 0 Å². The van der Waals surface area contributed by atoms with Crippen LogP contribution in [0.4, 0.5) is 5.69 Å². The van der Waals surface area contributed by atoms with Gasteiger partial charge < -0.3 is 15.0 Å². The topological polar surface area (TPSA) is 24.5 Å². The van der Waals surface area contributed by atoms with Crippen molar-refractivity contribution >= 4 is 5.69 Å². The van der Waals surface area contributed by atoms with Gasteiger partial charge in [-0.2, -0.15) is 0 Å². The molecule has 1 aromatic rings. The van der Waals surface area contributed by atoms with E-state index >= 15 is 0 Å². The molecule has 1 aromatic carbocycles. The van der Waals surface area contributed by atoms with Crippen molar-refractivity contribution in [3.8, 4) is 0 Å². The second-order valence-electron chi connectivity index (χ2n) is 5.48. The first-order chi connectivity index (χ1) is 9.19. The fraction of sp³-hybridized carbons (Fsp3) is 0.625. The van der Waals surface area contributed by atoms with Crippen molar-refractivity contribution in [2.75, 3.05) is 31.6 Å². The molecule has 0 bridgehead atoms. The maximum absolute atomic E-state index is 6.08. The van der Waals surface area contributed by atoms with E-state index in [4.69, 9.17) is 4.74 Å². The molecule has 2 unspecified atom stereocenters. The van der Waals surface area contributed by atoms with Crippen LogP contribution in [0.25, 0.3) is 0 Å². The SMILES string of the molecule is CCNCC1CCC(CN(C)c2ccc(C)cc2)O1. The third-order valence-corrected chi connectivity index (χ3v) is 3.77. The summed E-state index contributed by atoms with van der Waals surface area (Å²) in [5, 5.41) is 3.36. The number of nitrogens with zero attached hydrogens (tertiary/aromatic N) is 1. The Bertz CT molecular complexity index is 377. The molecule has 1 heterocycles. The maximum Gasteiger partial charge on any atom is 0.0755 e. The van der Waals surface area contributed by atoms with Crippen molar-refractivity contribution in [1.82, 2.24) is 5.32 Å². The number of ether oxygens (including phenoxy) is 1. The van der Waals surface area contributed by atoms with E-state index in [0.29, 0.717) is 12.2 Å². The summed E-state index contributed by atoms with van der Waals surface area (Å²) in [4.78, 5) is 2.29. The zero-order chi connectivity index (χ0) is 13.7. The lowest BCUT2D eigenvalue weighted by molar-refractivity contribution is 0.0503. The van der Waals surface area contributed by atoms with Crippen molar-refractivity contribution < 1.29 is 4.74 Å². The summed E-state index contributed by atoms with van der Waals surface area (Å²) in [6.45, 7) is 7.24. The lowest BCUT2D eigenvalue weighted by atomic mass is 10.1. The summed E-state index contributed by atoms with van der Waals surface area (Å²) < 4.78 is 6.08. The standard InChI is InChI=1S/C16H26N2O/c1-4-17-11-15-9-10-16(19-15)12-18(3)14-7-5-13(2)6-8-14/h5-8,15-17H,4,9-12H2,1-3H3. The van der Waals surface area contributed by atoms with Crippen LogP contribution in [0.2, 0.25) is 0 Å². The number of nitrogens with one attached hydrogen (secondary N) is 1. The number of hydrogen-bond acceptors (Lipinski definition) is 3. The first-order valence-electron chi connectivity index (χ1n) is 7.33. The second kappa shape index (κ2) is 6.92. The van der Waals surface area contributed by atoms with E-state index in [-0.39, 0.29) is 0 Å². The number of rotatable bonds is 6. The predicted octanol–water partition coefficient (Wildman–Crippen LogP) is 2.59. The average molecular weight is 262 g/mol. The Balaban J connectivity index is 1.80. The van der Waals surface area contributed by atoms with Crippen molar-refractivity contribution in [2.45, 2.75) is 38.9 Å². The molecule has 1 fully saturated rings. The zero-order valence-electron chi connectivity index (χ0n) is 12.4. The highest BCUT2D eigenvalue weighted by Gasteiger charge is 2.25. The van der Waals surface area contributed by atoms with Gasteiger partial charge in [0, 0.05) is 25.8 Å². The summed E-state index contributed by atoms with van der Waals surface area (Å²) >= 11 is 0. The van der Waals surface area contributed by atoms with Gasteiger partial charge in [-0.15, -0.1) is 0 Å². The van der Waals surface area contributed by atoms with Gasteiger partial charge in [0.1, 0.15) is 0 Å². The number of likely N-dealkylation sites (N-methyl/N-ethyl adjacent to an activating group) is 2. The second-order valence-corrected chi connectivity index (χ2v) is 5.48. The maximum atomic E-state index is 6.08. The largest absolute Gasteiger partial charge is 0.372 e. The van der Waals surface area contributed by atoms with Gasteiger partial charge in [0.05, 0.1) is 12.2 Å². The van der Waals surface area contributed by atoms with Crippen LogP contribution in [-0.2, 0) is 4.74 Å². The van der Waals surface area contributed by atoms with Crippen molar-refractivity contribution in [3.05, 3.63) is 29.8 Å². The van der Waals surface area contributed by atoms with Crippen LogP contribution in [0, 0.1) is 6.92 Å². The van der Waals surface area contributed by atoms with Gasteiger partial charge in [-0.3, -0.25) is 0 Å². The van der Waals surface area contributed by atoms with Gasteiger partial charge in [0.25, 0.3) is 0 Å². The van der Waals surface area contributed by atoms with Gasteiger partial charge in [-0.1, -0.05) is 24.6 Å². The summed E-state index contributed by atoms with van der Waals surface area (Å²) in [7, 11) is 2.14. The third kappa shape index (κ3) is 4.22. The first-order valence-corrected chi connectivity index (χ1v) is 7.33. The molecule has 1 aliphatic heterocycles. The Morgan fingerprint density at radius 2 is 1.89 bits per heavy atom. The molecule has 106 valence electrons. The molecule has 0 amide bonds. The van der Waals surface area contributed by atoms with Gasteiger partial charge in [-0.05, 0) is 38.4 Å². The lowest BCUT2D eigenvalue weighted by Crippen LogP contribution is -2.31. The molecule has 0 aliphatic carbocycles. The molecular weight excluding hydrogens is 236 g/mol. The smallest absolute Gasteiger partial charge is 0.0755 e. The molecule has 1 aliphatic rings. The highest BCUT2D eigenvalue weighted by atomic mass is 16.5. The highest BCUT2D eigenvalue weighted by molar-refractivity contribution is 5.46. The Morgan fingerprint density at radius 1 is 1.21 bits per heavy atom. The van der Waals surface area contributed by atoms with Crippen LogP contribution >= 0.6 is 0 Å². The summed E-state index contributed by atoms with van der Waals surface area (Å²) in [6.07, 6.45) is 3.12. The first kappa shape index (κ1) is 14.4. The Labute approximate surface area is 116 Å². The molecule has 19 heavy (non-hydrogen) atoms. The van der Waals surface area contributed by atoms with Gasteiger partial charge >= 0.3 is 0 Å². The predicted molar refractivity (Wildman–Crippen MR) is 80.9 cm³/mol. The molecule has 0 spiro atoms. The zero-order valence-corrected chi connectivity index (χ0v) is 12.4. The molecule has 3 heteroatoms. The monoisotopic (exact) mass is 262 g/mol. The van der Waals surface area contributed by atoms with Crippen molar-refractivity contribution in [2.24, 2.45) is 0 Å². The van der Waals surface area contributed by atoms with Gasteiger partial charge in [0.2, 0.25) is 0 Å². The van der Waals surface area contributed by atoms with Crippen LogP contribution in [0.5, 0.6) is 0 Å². The van der Waals surface area contributed by atoms with Crippen LogP contribution < -0.4 is 10.2 Å². The highest BCUT2D eigenvalue weighted by Crippen LogP contribution is 2.22. The van der Waals surface area contributed by atoms with E-state index in [2.05, 4.69) is 55.4 Å². The Hall–Kier alpha value is -1.06. The summed E-state index contributed by atoms with van der Waals surface area (Å²) in [6, 6.07) is 8.69. The van der Waals surface area contributed by atoms with E-state index in [0.717, 1.165) is 19.6 Å².